The molecule has 0 aliphatic carbocycles. The lowest BCUT2D eigenvalue weighted by molar-refractivity contribution is -0.122. The number of amides is 2. The molecule has 1 atom stereocenters. The Balaban J connectivity index is 1.48. The number of carbonyl (C=O) groups excluding carboxylic acids is 2. The van der Waals surface area contributed by atoms with Gasteiger partial charge in [-0.25, -0.2) is 13.6 Å². The first-order valence-electron chi connectivity index (χ1n) is 11.0. The third kappa shape index (κ3) is 5.79. The van der Waals surface area contributed by atoms with Gasteiger partial charge in [-0.15, -0.1) is 0 Å². The number of primary sulfonamides is 1. The molecule has 3 aromatic carbocycles. The number of hydrogen-bond acceptors (Lipinski definition) is 6. The first-order chi connectivity index (χ1) is 16.7. The predicted octanol–water partition coefficient (Wildman–Crippen LogP) is 2.88. The van der Waals surface area contributed by atoms with Gasteiger partial charge in [0.15, 0.2) is 0 Å². The van der Waals surface area contributed by atoms with Crippen LogP contribution in [-0.4, -0.2) is 39.4 Å². The van der Waals surface area contributed by atoms with Crippen LogP contribution in [-0.2, 0) is 19.6 Å². The van der Waals surface area contributed by atoms with Crippen LogP contribution in [0, 0.1) is 6.92 Å². The van der Waals surface area contributed by atoms with Crippen molar-refractivity contribution >= 4 is 38.9 Å². The monoisotopic (exact) mass is 494 g/mol. The number of fused-ring (bicyclic) bond motifs is 1. The molecule has 4 rings (SSSR count). The molecule has 1 aliphatic rings. The van der Waals surface area contributed by atoms with Crippen molar-refractivity contribution in [2.45, 2.75) is 24.3 Å². The third-order valence-electron chi connectivity index (χ3n) is 5.70. The average molecular weight is 495 g/mol. The summed E-state index contributed by atoms with van der Waals surface area (Å²) in [5.74, 6) is -0.0922. The highest BCUT2D eigenvalue weighted by atomic mass is 32.2. The van der Waals surface area contributed by atoms with E-state index in [9.17, 15) is 18.0 Å². The van der Waals surface area contributed by atoms with Crippen LogP contribution in [0.4, 0.5) is 17.1 Å². The minimum Gasteiger partial charge on any atom is -0.492 e. The van der Waals surface area contributed by atoms with Crippen molar-refractivity contribution in [3.05, 3.63) is 78.4 Å². The molecule has 1 heterocycles. The number of benzene rings is 3. The molecule has 10 heteroatoms. The van der Waals surface area contributed by atoms with Crippen molar-refractivity contribution in [3.8, 4) is 5.75 Å². The van der Waals surface area contributed by atoms with Crippen LogP contribution < -0.4 is 25.4 Å². The number of nitrogens with one attached hydrogen (secondary N) is 2. The molecule has 0 spiro atoms. The quantitative estimate of drug-likeness (QED) is 0.441. The minimum absolute atomic E-state index is 0.00814. The topological polar surface area (TPSA) is 131 Å². The van der Waals surface area contributed by atoms with Gasteiger partial charge in [0.25, 0.3) is 0 Å². The number of rotatable bonds is 8. The van der Waals surface area contributed by atoms with Gasteiger partial charge in [0.1, 0.15) is 18.4 Å². The van der Waals surface area contributed by atoms with Gasteiger partial charge in [0.2, 0.25) is 21.8 Å². The number of anilines is 3. The number of sulfonamides is 1. The SMILES string of the molecule is Cc1ccccc1NC(=O)C[C@@H]1C(=O)Nc2ccccc2N1CCOc1ccc(S(N)(=O)=O)cc1. The summed E-state index contributed by atoms with van der Waals surface area (Å²) in [5.41, 5.74) is 3.07. The van der Waals surface area contributed by atoms with Crippen LogP contribution in [0.2, 0.25) is 0 Å². The summed E-state index contributed by atoms with van der Waals surface area (Å²) in [5, 5.41) is 10.9. The van der Waals surface area contributed by atoms with Gasteiger partial charge in [0, 0.05) is 5.69 Å². The molecule has 4 N–H and O–H groups in total. The number of ether oxygens (including phenoxy) is 1. The summed E-state index contributed by atoms with van der Waals surface area (Å²) in [6.45, 7) is 2.42. The van der Waals surface area contributed by atoms with E-state index in [-0.39, 0.29) is 29.7 Å². The second kappa shape index (κ2) is 10.2. The molecule has 0 saturated carbocycles. The smallest absolute Gasteiger partial charge is 0.247 e. The second-order valence-electron chi connectivity index (χ2n) is 8.15. The Hall–Kier alpha value is -3.89. The molecule has 0 unspecified atom stereocenters. The van der Waals surface area contributed by atoms with Gasteiger partial charge in [-0.1, -0.05) is 30.3 Å². The van der Waals surface area contributed by atoms with Gasteiger partial charge in [0.05, 0.1) is 29.2 Å². The lowest BCUT2D eigenvalue weighted by atomic mass is 10.0. The Morgan fingerprint density at radius 2 is 1.74 bits per heavy atom. The maximum absolute atomic E-state index is 12.9. The normalized spacial score (nSPS) is 15.2. The summed E-state index contributed by atoms with van der Waals surface area (Å²) in [7, 11) is -3.79. The van der Waals surface area contributed by atoms with Gasteiger partial charge in [-0.3, -0.25) is 9.59 Å². The summed E-state index contributed by atoms with van der Waals surface area (Å²) in [4.78, 5) is 27.6. The first-order valence-corrected chi connectivity index (χ1v) is 12.5. The van der Waals surface area contributed by atoms with Crippen LogP contribution in [0.3, 0.4) is 0 Å². The fourth-order valence-electron chi connectivity index (χ4n) is 3.91. The van der Waals surface area contributed by atoms with Crippen LogP contribution in [0.25, 0.3) is 0 Å². The van der Waals surface area contributed by atoms with Crippen molar-refractivity contribution in [2.24, 2.45) is 5.14 Å². The molecule has 35 heavy (non-hydrogen) atoms. The Bertz CT molecular complexity index is 1340. The maximum atomic E-state index is 12.9. The van der Waals surface area contributed by atoms with E-state index in [4.69, 9.17) is 9.88 Å². The van der Waals surface area contributed by atoms with Gasteiger partial charge >= 0.3 is 0 Å². The molecule has 0 saturated heterocycles. The molecule has 0 fully saturated rings. The predicted molar refractivity (Wildman–Crippen MR) is 134 cm³/mol. The summed E-state index contributed by atoms with van der Waals surface area (Å²) in [6, 6.07) is 19.8. The molecule has 0 aromatic heterocycles. The average Bonchev–Trinajstić information content (AvgIpc) is 2.82. The van der Waals surface area contributed by atoms with Crippen LogP contribution in [0.15, 0.2) is 77.7 Å². The van der Waals surface area contributed by atoms with Crippen molar-refractivity contribution in [2.75, 3.05) is 28.7 Å². The van der Waals surface area contributed by atoms with E-state index in [0.717, 1.165) is 11.3 Å². The number of hydrogen-bond donors (Lipinski definition) is 3. The lowest BCUT2D eigenvalue weighted by Crippen LogP contribution is -2.51. The van der Waals surface area contributed by atoms with Crippen molar-refractivity contribution in [1.82, 2.24) is 0 Å². The molecule has 3 aromatic rings. The molecular formula is C25H26N4O5S. The van der Waals surface area contributed by atoms with Crippen molar-refractivity contribution in [3.63, 3.8) is 0 Å². The lowest BCUT2D eigenvalue weighted by Gasteiger charge is -2.37. The number of carbonyl (C=O) groups is 2. The minimum atomic E-state index is -3.79. The van der Waals surface area contributed by atoms with E-state index in [1.54, 1.807) is 6.07 Å². The molecule has 182 valence electrons. The van der Waals surface area contributed by atoms with Crippen LogP contribution in [0.1, 0.15) is 12.0 Å². The zero-order chi connectivity index (χ0) is 25.0. The Morgan fingerprint density at radius 3 is 2.46 bits per heavy atom. The number of para-hydroxylation sites is 3. The van der Waals surface area contributed by atoms with E-state index in [1.165, 1.54) is 24.3 Å². The maximum Gasteiger partial charge on any atom is 0.247 e. The van der Waals surface area contributed by atoms with E-state index in [1.807, 2.05) is 54.3 Å². The molecule has 9 nitrogen and oxygen atoms in total. The zero-order valence-corrected chi connectivity index (χ0v) is 19.9. The Kier molecular flexibility index (Phi) is 7.04. The zero-order valence-electron chi connectivity index (χ0n) is 19.1. The molecular weight excluding hydrogens is 468 g/mol. The number of nitrogens with two attached hydrogens (primary N) is 1. The Morgan fingerprint density at radius 1 is 1.06 bits per heavy atom. The third-order valence-corrected chi connectivity index (χ3v) is 6.63. The van der Waals surface area contributed by atoms with Gasteiger partial charge in [-0.05, 0) is 55.0 Å². The summed E-state index contributed by atoms with van der Waals surface area (Å²) >= 11 is 0. The fourth-order valence-corrected chi connectivity index (χ4v) is 4.43. The second-order valence-corrected chi connectivity index (χ2v) is 9.71. The van der Waals surface area contributed by atoms with E-state index >= 15 is 0 Å². The first kappa shape index (κ1) is 24.2. The standard InChI is InChI=1S/C25H26N4O5S/c1-17-6-2-3-7-20(17)27-24(30)16-23-25(31)28-21-8-4-5-9-22(21)29(23)14-15-34-18-10-12-19(13-11-18)35(26,32)33/h2-13,23H,14-16H2,1H3,(H,27,30)(H,28,31)(H2,26,32,33)/t23-/m1/s1. The highest BCUT2D eigenvalue weighted by Crippen LogP contribution is 2.33. The highest BCUT2D eigenvalue weighted by molar-refractivity contribution is 7.89. The van der Waals surface area contributed by atoms with Crippen molar-refractivity contribution < 1.29 is 22.7 Å². The molecule has 1 aliphatic heterocycles. The van der Waals surface area contributed by atoms with E-state index < -0.39 is 16.1 Å². The summed E-state index contributed by atoms with van der Waals surface area (Å²) in [6.07, 6.45) is -0.0441. The van der Waals surface area contributed by atoms with E-state index in [0.29, 0.717) is 23.7 Å². The van der Waals surface area contributed by atoms with Gasteiger partial charge < -0.3 is 20.3 Å². The van der Waals surface area contributed by atoms with E-state index in [2.05, 4.69) is 10.6 Å². The highest BCUT2D eigenvalue weighted by Gasteiger charge is 2.34. The van der Waals surface area contributed by atoms with Crippen LogP contribution >= 0.6 is 0 Å². The Labute approximate surface area is 203 Å². The molecule has 0 radical (unpaired) electrons. The number of nitrogens with zero attached hydrogens (tertiary/aromatic N) is 1. The molecule has 2 amide bonds. The largest absolute Gasteiger partial charge is 0.492 e. The van der Waals surface area contributed by atoms with Crippen molar-refractivity contribution in [1.29, 1.82) is 0 Å². The summed E-state index contributed by atoms with van der Waals surface area (Å²) < 4.78 is 28.6. The number of aryl methyl sites for hydroxylation is 1. The molecule has 0 bridgehead atoms. The fraction of sp³-hybridized carbons (Fsp3) is 0.200. The van der Waals surface area contributed by atoms with Gasteiger partial charge in [-0.2, -0.15) is 0 Å². The van der Waals surface area contributed by atoms with Crippen LogP contribution in [0.5, 0.6) is 5.75 Å².